The molecule has 2 aromatic carbocycles. The lowest BCUT2D eigenvalue weighted by atomic mass is 9.51. The van der Waals surface area contributed by atoms with E-state index in [9.17, 15) is 15.8 Å². The van der Waals surface area contributed by atoms with Crippen LogP contribution in [0.3, 0.4) is 0 Å². The third-order valence-corrected chi connectivity index (χ3v) is 6.79. The maximum absolute atomic E-state index is 10.5. The van der Waals surface area contributed by atoms with E-state index in [1.165, 1.54) is 0 Å². The van der Waals surface area contributed by atoms with Gasteiger partial charge in [0.2, 0.25) is 11.7 Å². The van der Waals surface area contributed by atoms with Gasteiger partial charge in [-0.15, -0.1) is 0 Å². The van der Waals surface area contributed by atoms with Crippen LogP contribution in [0.5, 0.6) is 5.75 Å². The van der Waals surface area contributed by atoms with E-state index in [0.717, 1.165) is 5.56 Å². The van der Waals surface area contributed by atoms with Crippen LogP contribution in [-0.2, 0) is 9.47 Å². The molecule has 7 nitrogen and oxygen atoms in total. The number of nitriles is 3. The zero-order chi connectivity index (χ0) is 23.1. The number of nitrogens with one attached hydrogen (secondary N) is 1. The van der Waals surface area contributed by atoms with E-state index in [1.54, 1.807) is 38.3 Å². The summed E-state index contributed by atoms with van der Waals surface area (Å²) in [7, 11) is 1.55. The van der Waals surface area contributed by atoms with Gasteiger partial charge in [0.15, 0.2) is 10.8 Å². The van der Waals surface area contributed by atoms with Crippen LogP contribution < -0.4 is 4.74 Å². The highest BCUT2D eigenvalue weighted by Gasteiger charge is 2.80. The van der Waals surface area contributed by atoms with E-state index in [2.05, 4.69) is 18.2 Å². The SMILES string of the molecule is COc1ccc(C2C3(C)OC(=N)C2(C#N)C(C#N)(C#N)C(C(C)c2ccccc2)O3)cc1. The number of rotatable bonds is 4. The Morgan fingerprint density at radius 2 is 1.62 bits per heavy atom. The Labute approximate surface area is 186 Å². The molecular weight excluding hydrogens is 404 g/mol. The van der Waals surface area contributed by atoms with Crippen LogP contribution in [-0.4, -0.2) is 24.9 Å². The summed E-state index contributed by atoms with van der Waals surface area (Å²) in [4.78, 5) is 0. The lowest BCUT2D eigenvalue weighted by Crippen LogP contribution is -2.62. The number of ether oxygens (including phenoxy) is 3. The number of benzene rings is 2. The number of nitrogens with zero attached hydrogens (tertiary/aromatic N) is 3. The topological polar surface area (TPSA) is 123 Å². The molecule has 0 spiro atoms. The van der Waals surface area contributed by atoms with E-state index >= 15 is 0 Å². The van der Waals surface area contributed by atoms with Crippen LogP contribution in [0.15, 0.2) is 54.6 Å². The lowest BCUT2D eigenvalue weighted by Gasteiger charge is -2.50. The molecule has 4 rings (SSSR count). The molecule has 5 unspecified atom stereocenters. The Balaban J connectivity index is 1.95. The number of hydrogen-bond donors (Lipinski definition) is 1. The summed E-state index contributed by atoms with van der Waals surface area (Å²) in [6.07, 6.45) is -0.998. The molecule has 2 aliphatic heterocycles. The summed E-state index contributed by atoms with van der Waals surface area (Å²) in [5.74, 6) is -2.49. The van der Waals surface area contributed by atoms with Gasteiger partial charge in [-0.05, 0) is 23.3 Å². The fraction of sp³-hybridized carbons (Fsp3) is 0.360. The first-order valence-corrected chi connectivity index (χ1v) is 10.2. The van der Waals surface area contributed by atoms with Crippen molar-refractivity contribution in [1.82, 2.24) is 0 Å². The zero-order valence-corrected chi connectivity index (χ0v) is 18.0. The maximum Gasteiger partial charge on any atom is 0.218 e. The Morgan fingerprint density at radius 1 is 1.00 bits per heavy atom. The predicted octanol–water partition coefficient (Wildman–Crippen LogP) is 4.25. The molecule has 160 valence electrons. The van der Waals surface area contributed by atoms with E-state index < -0.39 is 40.5 Å². The number of fused-ring (bicyclic) bond motifs is 2. The molecule has 0 saturated carbocycles. The monoisotopic (exact) mass is 426 g/mol. The van der Waals surface area contributed by atoms with Gasteiger partial charge in [0, 0.05) is 12.8 Å². The Hall–Kier alpha value is -3.86. The number of hydrogen-bond acceptors (Lipinski definition) is 7. The van der Waals surface area contributed by atoms with Crippen molar-refractivity contribution >= 4 is 5.90 Å². The van der Waals surface area contributed by atoms with Crippen molar-refractivity contribution in [2.24, 2.45) is 10.8 Å². The van der Waals surface area contributed by atoms with Gasteiger partial charge in [-0.2, -0.15) is 15.8 Å². The molecule has 2 aliphatic rings. The second-order valence-corrected chi connectivity index (χ2v) is 8.34. The Kier molecular flexibility index (Phi) is 4.93. The van der Waals surface area contributed by atoms with Crippen molar-refractivity contribution in [1.29, 1.82) is 21.2 Å². The zero-order valence-electron chi connectivity index (χ0n) is 18.0. The molecule has 2 fully saturated rings. The van der Waals surface area contributed by atoms with Gasteiger partial charge in [-0.3, -0.25) is 5.41 Å². The molecule has 2 bridgehead atoms. The molecule has 2 aromatic rings. The Bertz CT molecular complexity index is 1160. The highest BCUT2D eigenvalue weighted by atomic mass is 16.7. The van der Waals surface area contributed by atoms with Gasteiger partial charge in [-0.1, -0.05) is 49.4 Å². The van der Waals surface area contributed by atoms with Gasteiger partial charge in [0.05, 0.1) is 31.2 Å². The molecule has 5 atom stereocenters. The van der Waals surface area contributed by atoms with E-state index in [0.29, 0.717) is 11.3 Å². The second kappa shape index (κ2) is 7.38. The highest BCUT2D eigenvalue weighted by Crippen LogP contribution is 2.67. The number of methoxy groups -OCH3 is 1. The average molecular weight is 426 g/mol. The third-order valence-electron chi connectivity index (χ3n) is 6.79. The normalized spacial score (nSPS) is 30.8. The average Bonchev–Trinajstić information content (AvgIpc) is 3.01. The predicted molar refractivity (Wildman–Crippen MR) is 114 cm³/mol. The Morgan fingerprint density at radius 3 is 2.16 bits per heavy atom. The molecule has 0 radical (unpaired) electrons. The summed E-state index contributed by atoms with van der Waals surface area (Å²) in [5, 5.41) is 39.9. The van der Waals surface area contributed by atoms with Gasteiger partial charge in [0.25, 0.3) is 0 Å². The van der Waals surface area contributed by atoms with Gasteiger partial charge < -0.3 is 14.2 Å². The summed E-state index contributed by atoms with van der Waals surface area (Å²) < 4.78 is 17.5. The largest absolute Gasteiger partial charge is 0.497 e. The summed E-state index contributed by atoms with van der Waals surface area (Å²) in [6, 6.07) is 22.7. The molecular formula is C25H22N4O3. The first-order chi connectivity index (χ1) is 15.3. The molecule has 0 amide bonds. The molecule has 0 aliphatic carbocycles. The van der Waals surface area contributed by atoms with Crippen molar-refractivity contribution in [3.63, 3.8) is 0 Å². The first-order valence-electron chi connectivity index (χ1n) is 10.2. The van der Waals surface area contributed by atoms with Crippen molar-refractivity contribution in [2.45, 2.75) is 37.6 Å². The molecule has 2 heterocycles. The second-order valence-electron chi connectivity index (χ2n) is 8.34. The molecule has 2 saturated heterocycles. The standard InChI is InChI=1S/C25H22N4O3/c1-16(17-7-5-4-6-8-17)21-24(13-26,14-27)25(15-28)20(23(2,31-21)32-22(25)29)18-9-11-19(30-3)12-10-18/h4-12,16,20-21,29H,1-3H3. The summed E-state index contributed by atoms with van der Waals surface area (Å²) >= 11 is 0. The quantitative estimate of drug-likeness (QED) is 0.780. The highest BCUT2D eigenvalue weighted by molar-refractivity contribution is 5.90. The minimum Gasteiger partial charge on any atom is -0.497 e. The maximum atomic E-state index is 10.5. The van der Waals surface area contributed by atoms with Gasteiger partial charge >= 0.3 is 0 Å². The van der Waals surface area contributed by atoms with Crippen LogP contribution in [0.25, 0.3) is 0 Å². The fourth-order valence-corrected chi connectivity index (χ4v) is 5.22. The van der Waals surface area contributed by atoms with Crippen molar-refractivity contribution in [2.75, 3.05) is 7.11 Å². The van der Waals surface area contributed by atoms with Crippen LogP contribution >= 0.6 is 0 Å². The third kappa shape index (κ3) is 2.57. The van der Waals surface area contributed by atoms with Crippen molar-refractivity contribution in [3.8, 4) is 24.0 Å². The van der Waals surface area contributed by atoms with E-state index in [4.69, 9.17) is 19.6 Å². The van der Waals surface area contributed by atoms with E-state index in [-0.39, 0.29) is 0 Å². The summed E-state index contributed by atoms with van der Waals surface area (Å²) in [6.45, 7) is 3.52. The minimum atomic E-state index is -1.98. The van der Waals surface area contributed by atoms with Crippen LogP contribution in [0.2, 0.25) is 0 Å². The van der Waals surface area contributed by atoms with Crippen LogP contribution in [0, 0.1) is 50.2 Å². The van der Waals surface area contributed by atoms with Crippen LogP contribution in [0.4, 0.5) is 0 Å². The lowest BCUT2D eigenvalue weighted by molar-refractivity contribution is -0.255. The molecule has 7 heteroatoms. The van der Waals surface area contributed by atoms with Crippen molar-refractivity contribution < 1.29 is 14.2 Å². The molecule has 32 heavy (non-hydrogen) atoms. The first kappa shape index (κ1) is 21.4. The fourth-order valence-electron chi connectivity index (χ4n) is 5.22. The molecule has 1 N–H and O–H groups in total. The minimum absolute atomic E-state index is 0.408. The van der Waals surface area contributed by atoms with Crippen LogP contribution in [0.1, 0.15) is 36.8 Å². The molecule has 0 aromatic heterocycles. The summed E-state index contributed by atoms with van der Waals surface area (Å²) in [5.41, 5.74) is -2.35. The van der Waals surface area contributed by atoms with Gasteiger partial charge in [-0.25, -0.2) is 0 Å². The smallest absolute Gasteiger partial charge is 0.218 e. The van der Waals surface area contributed by atoms with E-state index in [1.807, 2.05) is 37.3 Å². The van der Waals surface area contributed by atoms with Gasteiger partial charge in [0.1, 0.15) is 11.9 Å². The van der Waals surface area contributed by atoms with Crippen molar-refractivity contribution in [3.05, 3.63) is 65.7 Å².